The molecule has 12 heteroatoms. The highest BCUT2D eigenvalue weighted by Gasteiger charge is 2.27. The van der Waals surface area contributed by atoms with Crippen molar-refractivity contribution in [3.63, 3.8) is 0 Å². The van der Waals surface area contributed by atoms with Crippen molar-refractivity contribution in [2.75, 3.05) is 18.5 Å². The highest BCUT2D eigenvalue weighted by molar-refractivity contribution is 7.89. The fourth-order valence-corrected chi connectivity index (χ4v) is 4.11. The van der Waals surface area contributed by atoms with Crippen LogP contribution in [0.25, 0.3) is 0 Å². The lowest BCUT2D eigenvalue weighted by Crippen LogP contribution is -2.31. The van der Waals surface area contributed by atoms with Crippen LogP contribution < -0.4 is 5.43 Å². The molecule has 0 radical (unpaired) electrons. The standard InChI is InChI=1S/C17H20N4O7S/c1-3-20(4-2)29(27,28)15-9-12(21(25)26)6-7-13(15)19-18-10-11-5-8-14(22)17(24)16(11)23/h5-10,19,22-24H,3-4H2,1-2H3. The van der Waals surface area contributed by atoms with Crippen molar-refractivity contribution in [1.29, 1.82) is 0 Å². The van der Waals surface area contributed by atoms with E-state index in [1.165, 1.54) is 12.1 Å². The van der Waals surface area contributed by atoms with Gasteiger partial charge in [-0.05, 0) is 18.2 Å². The van der Waals surface area contributed by atoms with E-state index in [9.17, 15) is 33.9 Å². The summed E-state index contributed by atoms with van der Waals surface area (Å²) in [6.07, 6.45) is 1.09. The van der Waals surface area contributed by atoms with E-state index < -0.39 is 37.9 Å². The molecular formula is C17H20N4O7S. The van der Waals surface area contributed by atoms with Crippen LogP contribution in [0.15, 0.2) is 40.3 Å². The smallest absolute Gasteiger partial charge is 0.270 e. The second-order valence-corrected chi connectivity index (χ2v) is 7.67. The number of hydrogen-bond donors (Lipinski definition) is 4. The number of hydrogen-bond acceptors (Lipinski definition) is 9. The van der Waals surface area contributed by atoms with Crippen LogP contribution in [0.3, 0.4) is 0 Å². The highest BCUT2D eigenvalue weighted by Crippen LogP contribution is 2.36. The number of non-ortho nitro benzene ring substituents is 1. The second kappa shape index (κ2) is 8.75. The Morgan fingerprint density at radius 1 is 1.14 bits per heavy atom. The molecule has 11 nitrogen and oxygen atoms in total. The third-order valence-corrected chi connectivity index (χ3v) is 6.14. The number of benzene rings is 2. The first-order chi connectivity index (χ1) is 13.6. The normalized spacial score (nSPS) is 11.8. The van der Waals surface area contributed by atoms with Gasteiger partial charge >= 0.3 is 0 Å². The Balaban J connectivity index is 2.45. The lowest BCUT2D eigenvalue weighted by Gasteiger charge is -2.20. The van der Waals surface area contributed by atoms with Crippen LogP contribution in [0.4, 0.5) is 11.4 Å². The van der Waals surface area contributed by atoms with Gasteiger partial charge in [0.15, 0.2) is 11.5 Å². The Kier molecular flexibility index (Phi) is 6.61. The molecule has 0 aromatic heterocycles. The fraction of sp³-hybridized carbons (Fsp3) is 0.235. The summed E-state index contributed by atoms with van der Waals surface area (Å²) in [5.74, 6) is -1.86. The van der Waals surface area contributed by atoms with Crippen molar-refractivity contribution in [3.05, 3.63) is 46.0 Å². The number of nitro groups is 1. The fourth-order valence-electron chi connectivity index (χ4n) is 2.49. The van der Waals surface area contributed by atoms with E-state index in [1.54, 1.807) is 13.8 Å². The van der Waals surface area contributed by atoms with Crippen LogP contribution in [-0.2, 0) is 10.0 Å². The first-order valence-electron chi connectivity index (χ1n) is 8.45. The SMILES string of the molecule is CCN(CC)S(=O)(=O)c1cc([N+](=O)[O-])ccc1NN=Cc1ccc(O)c(O)c1O. The van der Waals surface area contributed by atoms with Gasteiger partial charge in [0, 0.05) is 30.8 Å². The van der Waals surface area contributed by atoms with Crippen molar-refractivity contribution in [2.45, 2.75) is 18.7 Å². The Hall–Kier alpha value is -3.38. The number of rotatable bonds is 8. The van der Waals surface area contributed by atoms with Gasteiger partial charge in [-0.3, -0.25) is 15.5 Å². The van der Waals surface area contributed by atoms with E-state index in [0.29, 0.717) is 0 Å². The molecule has 0 heterocycles. The van der Waals surface area contributed by atoms with Crippen molar-refractivity contribution < 1.29 is 28.7 Å². The number of sulfonamides is 1. The number of nitrogens with zero attached hydrogens (tertiary/aromatic N) is 3. The Morgan fingerprint density at radius 2 is 1.79 bits per heavy atom. The zero-order valence-electron chi connectivity index (χ0n) is 15.6. The monoisotopic (exact) mass is 424 g/mol. The van der Waals surface area contributed by atoms with Gasteiger partial charge in [-0.2, -0.15) is 9.41 Å². The molecule has 0 spiro atoms. The minimum atomic E-state index is -4.03. The largest absolute Gasteiger partial charge is 0.504 e. The van der Waals surface area contributed by atoms with E-state index >= 15 is 0 Å². The molecule has 0 aliphatic heterocycles. The molecule has 29 heavy (non-hydrogen) atoms. The molecule has 0 bridgehead atoms. The number of nitro benzene ring substituents is 1. The van der Waals surface area contributed by atoms with Gasteiger partial charge in [0.05, 0.1) is 16.8 Å². The molecule has 0 saturated heterocycles. The molecule has 2 aromatic carbocycles. The summed E-state index contributed by atoms with van der Waals surface area (Å²) in [4.78, 5) is 10.0. The van der Waals surface area contributed by atoms with Crippen LogP contribution in [0.1, 0.15) is 19.4 Å². The van der Waals surface area contributed by atoms with Crippen molar-refractivity contribution in [1.82, 2.24) is 4.31 Å². The Labute approximate surface area is 166 Å². The molecule has 0 aliphatic carbocycles. The van der Waals surface area contributed by atoms with Crippen molar-refractivity contribution in [3.8, 4) is 17.2 Å². The second-order valence-electron chi connectivity index (χ2n) is 5.77. The van der Waals surface area contributed by atoms with Gasteiger partial charge in [-0.1, -0.05) is 13.8 Å². The molecule has 0 saturated carbocycles. The van der Waals surface area contributed by atoms with E-state index in [1.807, 2.05) is 0 Å². The molecule has 4 N–H and O–H groups in total. The van der Waals surface area contributed by atoms with E-state index in [-0.39, 0.29) is 29.2 Å². The van der Waals surface area contributed by atoms with Gasteiger partial charge < -0.3 is 15.3 Å². The van der Waals surface area contributed by atoms with Crippen LogP contribution in [-0.4, -0.2) is 52.3 Å². The van der Waals surface area contributed by atoms with Crippen molar-refractivity contribution >= 4 is 27.6 Å². The van der Waals surface area contributed by atoms with Gasteiger partial charge in [0.2, 0.25) is 15.8 Å². The minimum Gasteiger partial charge on any atom is -0.504 e. The summed E-state index contributed by atoms with van der Waals surface area (Å²) in [5, 5.41) is 43.5. The van der Waals surface area contributed by atoms with E-state index in [0.717, 1.165) is 28.7 Å². The van der Waals surface area contributed by atoms with E-state index in [4.69, 9.17) is 0 Å². The van der Waals surface area contributed by atoms with Gasteiger partial charge in [0.25, 0.3) is 5.69 Å². The number of aromatic hydroxyl groups is 3. The number of hydrazone groups is 1. The minimum absolute atomic E-state index is 0.0127. The molecule has 0 amide bonds. The van der Waals surface area contributed by atoms with Crippen LogP contribution in [0.5, 0.6) is 17.2 Å². The maximum atomic E-state index is 12.9. The molecule has 0 atom stereocenters. The van der Waals surface area contributed by atoms with E-state index in [2.05, 4.69) is 10.5 Å². The zero-order chi connectivity index (χ0) is 21.8. The van der Waals surface area contributed by atoms with Gasteiger partial charge in [-0.15, -0.1) is 0 Å². The lowest BCUT2D eigenvalue weighted by molar-refractivity contribution is -0.385. The Morgan fingerprint density at radius 3 is 2.38 bits per heavy atom. The summed E-state index contributed by atoms with van der Waals surface area (Å²) in [6.45, 7) is 3.63. The first-order valence-corrected chi connectivity index (χ1v) is 9.89. The molecule has 0 unspecified atom stereocenters. The Bertz CT molecular complexity index is 1050. The molecule has 0 aliphatic rings. The van der Waals surface area contributed by atoms with Gasteiger partial charge in [-0.25, -0.2) is 8.42 Å². The summed E-state index contributed by atoms with van der Waals surface area (Å²) in [6, 6.07) is 5.69. The maximum absolute atomic E-state index is 12.9. The quantitative estimate of drug-likeness (QED) is 0.217. The third-order valence-electron chi connectivity index (χ3n) is 4.05. The maximum Gasteiger partial charge on any atom is 0.270 e. The molecule has 0 fully saturated rings. The molecular weight excluding hydrogens is 404 g/mol. The van der Waals surface area contributed by atoms with Crippen LogP contribution in [0, 0.1) is 10.1 Å². The third kappa shape index (κ3) is 4.55. The summed E-state index contributed by atoms with van der Waals surface area (Å²) in [7, 11) is -4.03. The average molecular weight is 424 g/mol. The predicted molar refractivity (Wildman–Crippen MR) is 106 cm³/mol. The first kappa shape index (κ1) is 21.9. The number of phenolic OH excluding ortho intramolecular Hbond substituents is 3. The number of nitrogens with one attached hydrogen (secondary N) is 1. The summed E-state index contributed by atoms with van der Waals surface area (Å²) in [5.41, 5.74) is 2.12. The van der Waals surface area contributed by atoms with Crippen molar-refractivity contribution in [2.24, 2.45) is 5.10 Å². The predicted octanol–water partition coefficient (Wildman–Crippen LogP) is 2.19. The topological polar surface area (TPSA) is 166 Å². The zero-order valence-corrected chi connectivity index (χ0v) is 16.4. The highest BCUT2D eigenvalue weighted by atomic mass is 32.2. The number of phenols is 3. The lowest BCUT2D eigenvalue weighted by atomic mass is 10.2. The van der Waals surface area contributed by atoms with Crippen LogP contribution >= 0.6 is 0 Å². The number of anilines is 1. The molecule has 2 rings (SSSR count). The van der Waals surface area contributed by atoms with Gasteiger partial charge in [0.1, 0.15) is 4.90 Å². The summed E-state index contributed by atoms with van der Waals surface area (Å²) < 4.78 is 26.9. The average Bonchev–Trinajstić information content (AvgIpc) is 2.68. The summed E-state index contributed by atoms with van der Waals surface area (Å²) >= 11 is 0. The molecule has 156 valence electrons. The molecule has 2 aromatic rings. The van der Waals surface area contributed by atoms with Crippen LogP contribution in [0.2, 0.25) is 0 Å².